The van der Waals surface area contributed by atoms with Gasteiger partial charge in [-0.2, -0.15) is 0 Å². The van der Waals surface area contributed by atoms with E-state index < -0.39 is 29.0 Å². The highest BCUT2D eigenvalue weighted by Crippen LogP contribution is 2.21. The molecule has 0 spiro atoms. The number of hydrogen-bond acceptors (Lipinski definition) is 6. The molecule has 0 fully saturated rings. The van der Waals surface area contributed by atoms with Crippen LogP contribution in [0.5, 0.6) is 0 Å². The second kappa shape index (κ2) is 21.5. The zero-order valence-electron chi connectivity index (χ0n) is 23.4. The van der Waals surface area contributed by atoms with Gasteiger partial charge in [0.1, 0.15) is 6.61 Å². The molecule has 216 valence electrons. The first-order chi connectivity index (χ1) is 18.4. The van der Waals surface area contributed by atoms with E-state index in [9.17, 15) is 24.6 Å². The molecule has 0 saturated carbocycles. The summed E-state index contributed by atoms with van der Waals surface area (Å²) in [5.41, 5.74) is -0.703. The number of carboxylic acids is 2. The van der Waals surface area contributed by atoms with Gasteiger partial charge >= 0.3 is 17.9 Å². The first kappa shape index (κ1) is 33.6. The van der Waals surface area contributed by atoms with Crippen LogP contribution in [0.15, 0.2) is 12.1 Å². The van der Waals surface area contributed by atoms with Crippen molar-refractivity contribution in [1.29, 1.82) is 0 Å². The third-order valence-corrected chi connectivity index (χ3v) is 6.53. The lowest BCUT2D eigenvalue weighted by molar-refractivity contribution is -0.304. The standard InChI is InChI=1S/C30H48O8/c1-3-5-7-9-11-13-15-17-19-36-30(35)25-22-27(29(33)34)26(28(31)32)21-24(25)23-38-37-20-18-16-14-12-10-8-6-4-2/h21-22H,3-20,23H2,1-2H3,(H,31,32)(H,33,34). The molecular formula is C30H48O8. The number of carbonyl (C=O) groups excluding carboxylic acids is 1. The molecule has 1 aromatic rings. The normalized spacial score (nSPS) is 11.0. The van der Waals surface area contributed by atoms with Crippen LogP contribution in [-0.2, 0) is 21.1 Å². The Kier molecular flexibility index (Phi) is 19.0. The lowest BCUT2D eigenvalue weighted by Crippen LogP contribution is -2.16. The number of esters is 1. The number of unbranched alkanes of at least 4 members (excludes halogenated alkanes) is 14. The number of hydrogen-bond donors (Lipinski definition) is 2. The summed E-state index contributed by atoms with van der Waals surface area (Å²) in [6.45, 7) is 4.79. The molecule has 0 heterocycles. The molecule has 0 saturated heterocycles. The van der Waals surface area contributed by atoms with Crippen molar-refractivity contribution < 1.29 is 39.1 Å². The van der Waals surface area contributed by atoms with Gasteiger partial charge in [0.15, 0.2) is 0 Å². The monoisotopic (exact) mass is 536 g/mol. The lowest BCUT2D eigenvalue weighted by Gasteiger charge is -2.13. The van der Waals surface area contributed by atoms with Gasteiger partial charge in [-0.15, -0.1) is 0 Å². The zero-order chi connectivity index (χ0) is 28.0. The molecule has 1 aromatic carbocycles. The number of carboxylic acid groups (broad SMARTS) is 2. The molecule has 8 nitrogen and oxygen atoms in total. The summed E-state index contributed by atoms with van der Waals surface area (Å²) in [6, 6.07) is 2.21. The average molecular weight is 537 g/mol. The summed E-state index contributed by atoms with van der Waals surface area (Å²) < 4.78 is 5.38. The Bertz CT molecular complexity index is 821. The van der Waals surface area contributed by atoms with Gasteiger partial charge in [-0.3, -0.25) is 0 Å². The molecule has 0 aliphatic carbocycles. The zero-order valence-corrected chi connectivity index (χ0v) is 23.4. The van der Waals surface area contributed by atoms with Crippen molar-refractivity contribution in [2.45, 2.75) is 123 Å². The number of benzene rings is 1. The van der Waals surface area contributed by atoms with E-state index in [4.69, 9.17) is 14.5 Å². The third kappa shape index (κ3) is 14.5. The van der Waals surface area contributed by atoms with E-state index in [0.717, 1.165) is 50.7 Å². The van der Waals surface area contributed by atoms with Crippen LogP contribution in [0.4, 0.5) is 0 Å². The van der Waals surface area contributed by atoms with Crippen molar-refractivity contribution in [3.05, 3.63) is 34.4 Å². The molecule has 0 bridgehead atoms. The fraction of sp³-hybridized carbons (Fsp3) is 0.700. The Balaban J connectivity index is 2.59. The van der Waals surface area contributed by atoms with Crippen LogP contribution >= 0.6 is 0 Å². The van der Waals surface area contributed by atoms with Gasteiger partial charge in [-0.05, 0) is 30.5 Å². The van der Waals surface area contributed by atoms with Crippen LogP contribution in [0.1, 0.15) is 153 Å². The van der Waals surface area contributed by atoms with Gasteiger partial charge in [0.25, 0.3) is 0 Å². The van der Waals surface area contributed by atoms with Crippen molar-refractivity contribution >= 4 is 17.9 Å². The van der Waals surface area contributed by atoms with Gasteiger partial charge in [-0.1, -0.05) is 104 Å². The molecule has 8 heteroatoms. The second-order valence-corrected chi connectivity index (χ2v) is 9.84. The molecule has 0 aliphatic heterocycles. The molecule has 38 heavy (non-hydrogen) atoms. The topological polar surface area (TPSA) is 119 Å². The number of aromatic carboxylic acids is 2. The minimum Gasteiger partial charge on any atom is -0.478 e. The fourth-order valence-corrected chi connectivity index (χ4v) is 4.25. The Labute approximate surface area is 228 Å². The number of ether oxygens (including phenoxy) is 1. The van der Waals surface area contributed by atoms with Crippen molar-refractivity contribution in [2.24, 2.45) is 0 Å². The first-order valence-corrected chi connectivity index (χ1v) is 14.5. The smallest absolute Gasteiger partial charge is 0.338 e. The van der Waals surface area contributed by atoms with Crippen molar-refractivity contribution in [3.8, 4) is 0 Å². The van der Waals surface area contributed by atoms with Gasteiger partial charge in [0, 0.05) is 0 Å². The Hall–Kier alpha value is -2.45. The van der Waals surface area contributed by atoms with Crippen LogP contribution in [0.25, 0.3) is 0 Å². The van der Waals surface area contributed by atoms with Crippen molar-refractivity contribution in [1.82, 2.24) is 0 Å². The minimum absolute atomic E-state index is 0.0253. The van der Waals surface area contributed by atoms with Crippen molar-refractivity contribution in [3.63, 3.8) is 0 Å². The van der Waals surface area contributed by atoms with E-state index in [1.54, 1.807) is 0 Å². The van der Waals surface area contributed by atoms with E-state index in [0.29, 0.717) is 13.0 Å². The maximum atomic E-state index is 12.8. The quantitative estimate of drug-likeness (QED) is 0.0591. The number of rotatable bonds is 24. The largest absolute Gasteiger partial charge is 0.478 e. The summed E-state index contributed by atoms with van der Waals surface area (Å²) in [5.74, 6) is -3.53. The van der Waals surface area contributed by atoms with Gasteiger partial charge in [-0.25, -0.2) is 24.2 Å². The van der Waals surface area contributed by atoms with E-state index in [1.165, 1.54) is 57.8 Å². The van der Waals surface area contributed by atoms with Crippen LogP contribution in [0.3, 0.4) is 0 Å². The summed E-state index contributed by atoms with van der Waals surface area (Å²) in [7, 11) is 0. The first-order valence-electron chi connectivity index (χ1n) is 14.5. The number of carbonyl (C=O) groups is 3. The summed E-state index contributed by atoms with van der Waals surface area (Å²) >= 11 is 0. The van der Waals surface area contributed by atoms with Crippen LogP contribution in [0, 0.1) is 0 Å². The predicted molar refractivity (Wildman–Crippen MR) is 147 cm³/mol. The second-order valence-electron chi connectivity index (χ2n) is 9.84. The van der Waals surface area contributed by atoms with Gasteiger partial charge < -0.3 is 14.9 Å². The highest BCUT2D eigenvalue weighted by Gasteiger charge is 2.23. The summed E-state index contributed by atoms with van der Waals surface area (Å²) in [6.07, 6.45) is 18.1. The molecule has 0 aromatic heterocycles. The summed E-state index contributed by atoms with van der Waals surface area (Å²) in [5, 5.41) is 18.9. The van der Waals surface area contributed by atoms with Crippen LogP contribution in [0.2, 0.25) is 0 Å². The average Bonchev–Trinajstić information content (AvgIpc) is 2.90. The van der Waals surface area contributed by atoms with Crippen molar-refractivity contribution in [2.75, 3.05) is 13.2 Å². The Morgan fingerprint density at radius 2 is 1.03 bits per heavy atom. The maximum absolute atomic E-state index is 12.8. The molecule has 0 atom stereocenters. The fourth-order valence-electron chi connectivity index (χ4n) is 4.25. The molecular weight excluding hydrogens is 488 g/mol. The maximum Gasteiger partial charge on any atom is 0.338 e. The molecule has 0 aliphatic rings. The SMILES string of the molecule is CCCCCCCCCCOOCc1cc(C(=O)O)c(C(=O)O)cc1C(=O)OCCCCCCCCCC. The van der Waals surface area contributed by atoms with Gasteiger partial charge in [0.2, 0.25) is 0 Å². The third-order valence-electron chi connectivity index (χ3n) is 6.53. The minimum atomic E-state index is -1.43. The molecule has 0 unspecified atom stereocenters. The molecule has 2 N–H and O–H groups in total. The Morgan fingerprint density at radius 3 is 1.53 bits per heavy atom. The van der Waals surface area contributed by atoms with E-state index in [-0.39, 0.29) is 24.3 Å². The highest BCUT2D eigenvalue weighted by molar-refractivity contribution is 6.04. The lowest BCUT2D eigenvalue weighted by atomic mass is 9.98. The van der Waals surface area contributed by atoms with E-state index in [1.807, 2.05) is 0 Å². The van der Waals surface area contributed by atoms with Crippen LogP contribution in [-0.4, -0.2) is 41.3 Å². The highest BCUT2D eigenvalue weighted by atomic mass is 17.2. The van der Waals surface area contributed by atoms with Crippen LogP contribution < -0.4 is 0 Å². The Morgan fingerprint density at radius 1 is 0.579 bits per heavy atom. The van der Waals surface area contributed by atoms with Gasteiger partial charge in [0.05, 0.1) is 29.9 Å². The van der Waals surface area contributed by atoms with E-state index >= 15 is 0 Å². The summed E-state index contributed by atoms with van der Waals surface area (Å²) in [4.78, 5) is 46.5. The predicted octanol–water partition coefficient (Wildman–Crippen LogP) is 7.97. The molecule has 0 radical (unpaired) electrons. The van der Waals surface area contributed by atoms with E-state index in [2.05, 4.69) is 13.8 Å². The molecule has 1 rings (SSSR count). The molecule has 0 amide bonds.